The number of carbonyl (C=O) groups is 1. The summed E-state index contributed by atoms with van der Waals surface area (Å²) in [5.41, 5.74) is -0.110. The van der Waals surface area contributed by atoms with Crippen LogP contribution in [0.1, 0.15) is 130 Å². The van der Waals surface area contributed by atoms with Gasteiger partial charge in [-0.25, -0.2) is 0 Å². The standard InChI is InChI=1S/C24H47NO/c1-5-7-8-9-10-11-12-13-14-15-16-17-18-19-20-21-22-24(3,4)25-23(26)6-2/h6H,2,5,7-22H2,1,3-4H3,(H,25,26). The molecule has 0 saturated carbocycles. The van der Waals surface area contributed by atoms with E-state index >= 15 is 0 Å². The third kappa shape index (κ3) is 18.0. The van der Waals surface area contributed by atoms with Crippen molar-refractivity contribution in [1.29, 1.82) is 0 Å². The van der Waals surface area contributed by atoms with Gasteiger partial charge in [0.15, 0.2) is 0 Å². The molecule has 0 rings (SSSR count). The molecule has 1 amide bonds. The number of unbranched alkanes of at least 4 members (excludes halogenated alkanes) is 15. The largest absolute Gasteiger partial charge is 0.348 e. The SMILES string of the molecule is C=CC(=O)NC(C)(C)CCCCCCCCCCCCCCCCCC. The predicted molar refractivity (Wildman–Crippen MR) is 117 cm³/mol. The third-order valence-electron chi connectivity index (χ3n) is 5.30. The number of hydrogen-bond donors (Lipinski definition) is 1. The summed E-state index contributed by atoms with van der Waals surface area (Å²) in [5.74, 6) is -0.0634. The minimum Gasteiger partial charge on any atom is -0.348 e. The van der Waals surface area contributed by atoms with Crippen molar-refractivity contribution in [2.24, 2.45) is 0 Å². The maximum absolute atomic E-state index is 11.4. The lowest BCUT2D eigenvalue weighted by Gasteiger charge is -2.25. The Kier molecular flexibility index (Phi) is 17.1. The van der Waals surface area contributed by atoms with E-state index in [0.29, 0.717) is 0 Å². The van der Waals surface area contributed by atoms with E-state index in [0.717, 1.165) is 6.42 Å². The van der Waals surface area contributed by atoms with Gasteiger partial charge in [-0.1, -0.05) is 116 Å². The first kappa shape index (κ1) is 25.2. The molecule has 0 radical (unpaired) electrons. The maximum Gasteiger partial charge on any atom is 0.243 e. The van der Waals surface area contributed by atoms with Crippen LogP contribution in [0.25, 0.3) is 0 Å². The van der Waals surface area contributed by atoms with Gasteiger partial charge in [-0.05, 0) is 26.3 Å². The Hall–Kier alpha value is -0.790. The molecule has 1 N–H and O–H groups in total. The molecule has 0 atom stereocenters. The van der Waals surface area contributed by atoms with Crippen molar-refractivity contribution < 1.29 is 4.79 Å². The van der Waals surface area contributed by atoms with Gasteiger partial charge in [0.2, 0.25) is 5.91 Å². The average Bonchev–Trinajstić information content (AvgIpc) is 2.60. The fourth-order valence-corrected chi connectivity index (χ4v) is 3.56. The van der Waals surface area contributed by atoms with E-state index in [1.807, 2.05) is 0 Å². The summed E-state index contributed by atoms with van der Waals surface area (Å²) in [4.78, 5) is 11.4. The van der Waals surface area contributed by atoms with Crippen molar-refractivity contribution >= 4 is 5.91 Å². The van der Waals surface area contributed by atoms with Gasteiger partial charge in [0.05, 0.1) is 0 Å². The van der Waals surface area contributed by atoms with E-state index in [9.17, 15) is 4.79 Å². The molecule has 154 valence electrons. The summed E-state index contributed by atoms with van der Waals surface area (Å²) in [7, 11) is 0. The lowest BCUT2D eigenvalue weighted by atomic mass is 9.95. The van der Waals surface area contributed by atoms with Crippen LogP contribution in [0.2, 0.25) is 0 Å². The van der Waals surface area contributed by atoms with Gasteiger partial charge in [-0.3, -0.25) is 4.79 Å². The van der Waals surface area contributed by atoms with Gasteiger partial charge in [0.25, 0.3) is 0 Å². The van der Waals surface area contributed by atoms with Gasteiger partial charge < -0.3 is 5.32 Å². The first-order valence-corrected chi connectivity index (χ1v) is 11.5. The highest BCUT2D eigenvalue weighted by molar-refractivity contribution is 5.87. The first-order valence-electron chi connectivity index (χ1n) is 11.5. The second-order valence-corrected chi connectivity index (χ2v) is 8.63. The lowest BCUT2D eigenvalue weighted by molar-refractivity contribution is -0.118. The van der Waals surface area contributed by atoms with Gasteiger partial charge in [-0.15, -0.1) is 0 Å². The van der Waals surface area contributed by atoms with Gasteiger partial charge in [-0.2, -0.15) is 0 Å². The zero-order valence-corrected chi connectivity index (χ0v) is 18.2. The van der Waals surface area contributed by atoms with Crippen molar-refractivity contribution in [2.75, 3.05) is 0 Å². The van der Waals surface area contributed by atoms with Crippen LogP contribution in [0, 0.1) is 0 Å². The Morgan fingerprint density at radius 1 is 0.731 bits per heavy atom. The Bertz CT molecular complexity index is 335. The molecule has 0 aromatic rings. The van der Waals surface area contributed by atoms with Gasteiger partial charge in [0, 0.05) is 5.54 Å². The summed E-state index contributed by atoms with van der Waals surface area (Å²) in [5, 5.41) is 3.00. The molecule has 0 spiro atoms. The van der Waals surface area contributed by atoms with Crippen molar-refractivity contribution in [2.45, 2.75) is 135 Å². The van der Waals surface area contributed by atoms with Crippen LogP contribution < -0.4 is 5.32 Å². The Morgan fingerprint density at radius 2 is 1.08 bits per heavy atom. The van der Waals surface area contributed by atoms with Crippen LogP contribution in [0.5, 0.6) is 0 Å². The Morgan fingerprint density at radius 3 is 1.42 bits per heavy atom. The van der Waals surface area contributed by atoms with E-state index in [-0.39, 0.29) is 11.4 Å². The molecule has 0 saturated heterocycles. The third-order valence-corrected chi connectivity index (χ3v) is 5.30. The van der Waals surface area contributed by atoms with Gasteiger partial charge in [0.1, 0.15) is 0 Å². The molecule has 0 heterocycles. The van der Waals surface area contributed by atoms with E-state index in [4.69, 9.17) is 0 Å². The molecular weight excluding hydrogens is 318 g/mol. The van der Waals surface area contributed by atoms with Crippen LogP contribution in [0.15, 0.2) is 12.7 Å². The molecule has 26 heavy (non-hydrogen) atoms. The lowest BCUT2D eigenvalue weighted by Crippen LogP contribution is -2.42. The zero-order valence-electron chi connectivity index (χ0n) is 18.2. The molecular formula is C24H47NO. The smallest absolute Gasteiger partial charge is 0.243 e. The highest BCUT2D eigenvalue weighted by Crippen LogP contribution is 2.17. The maximum atomic E-state index is 11.4. The number of rotatable bonds is 19. The van der Waals surface area contributed by atoms with E-state index in [2.05, 4.69) is 32.7 Å². The number of carbonyl (C=O) groups excluding carboxylic acids is 1. The predicted octanol–water partition coefficient (Wildman–Crippen LogP) is 7.72. The fourth-order valence-electron chi connectivity index (χ4n) is 3.56. The highest BCUT2D eigenvalue weighted by atomic mass is 16.1. The minimum absolute atomic E-state index is 0.0634. The topological polar surface area (TPSA) is 29.1 Å². The van der Waals surface area contributed by atoms with Crippen molar-refractivity contribution in [1.82, 2.24) is 5.32 Å². The molecule has 0 unspecified atom stereocenters. The Labute approximate surface area is 164 Å². The quantitative estimate of drug-likeness (QED) is 0.184. The molecule has 0 aliphatic heterocycles. The molecule has 0 aromatic carbocycles. The summed E-state index contributed by atoms with van der Waals surface area (Å²) in [6.45, 7) is 9.99. The normalized spacial score (nSPS) is 11.5. The van der Waals surface area contributed by atoms with Crippen LogP contribution >= 0.6 is 0 Å². The monoisotopic (exact) mass is 365 g/mol. The van der Waals surface area contributed by atoms with Crippen molar-refractivity contribution in [3.63, 3.8) is 0 Å². The van der Waals surface area contributed by atoms with Crippen LogP contribution in [-0.4, -0.2) is 11.4 Å². The zero-order chi connectivity index (χ0) is 19.5. The molecule has 0 aliphatic carbocycles. The van der Waals surface area contributed by atoms with E-state index in [1.54, 1.807) is 0 Å². The second kappa shape index (κ2) is 17.6. The number of amides is 1. The highest BCUT2D eigenvalue weighted by Gasteiger charge is 2.18. The molecule has 2 heteroatoms. The molecule has 0 aromatic heterocycles. The van der Waals surface area contributed by atoms with Gasteiger partial charge >= 0.3 is 0 Å². The Balaban J connectivity index is 3.24. The number of nitrogens with one attached hydrogen (secondary N) is 1. The number of hydrogen-bond acceptors (Lipinski definition) is 1. The summed E-state index contributed by atoms with van der Waals surface area (Å²) in [6.07, 6.45) is 24.7. The van der Waals surface area contributed by atoms with Crippen LogP contribution in [0.3, 0.4) is 0 Å². The average molecular weight is 366 g/mol. The van der Waals surface area contributed by atoms with Crippen molar-refractivity contribution in [3.8, 4) is 0 Å². The van der Waals surface area contributed by atoms with Crippen molar-refractivity contribution in [3.05, 3.63) is 12.7 Å². The summed E-state index contributed by atoms with van der Waals surface area (Å²) >= 11 is 0. The van der Waals surface area contributed by atoms with Crippen LogP contribution in [-0.2, 0) is 4.79 Å². The first-order chi connectivity index (χ1) is 12.5. The molecule has 0 aliphatic rings. The van der Waals surface area contributed by atoms with E-state index in [1.165, 1.54) is 109 Å². The minimum atomic E-state index is -0.110. The molecule has 2 nitrogen and oxygen atoms in total. The summed E-state index contributed by atoms with van der Waals surface area (Å²) in [6, 6.07) is 0. The molecule has 0 bridgehead atoms. The van der Waals surface area contributed by atoms with Crippen LogP contribution in [0.4, 0.5) is 0 Å². The van der Waals surface area contributed by atoms with E-state index < -0.39 is 0 Å². The summed E-state index contributed by atoms with van der Waals surface area (Å²) < 4.78 is 0. The fraction of sp³-hybridized carbons (Fsp3) is 0.875. The second-order valence-electron chi connectivity index (χ2n) is 8.63. The molecule has 0 fully saturated rings.